The fraction of sp³-hybridized carbons (Fsp3) is 0.922. The minimum Gasteiger partial charge on any atom is -0.394 e. The summed E-state index contributed by atoms with van der Waals surface area (Å²) >= 11 is 0. The van der Waals surface area contributed by atoms with Crippen molar-refractivity contribution in [3.8, 4) is 0 Å². The van der Waals surface area contributed by atoms with Crippen LogP contribution in [0.15, 0.2) is 12.2 Å². The molecule has 4 heteroatoms. The summed E-state index contributed by atoms with van der Waals surface area (Å²) < 4.78 is 0. The molecule has 0 aromatic rings. The second kappa shape index (κ2) is 47.2. The fourth-order valence-electron chi connectivity index (χ4n) is 7.99. The average molecular weight is 774 g/mol. The lowest BCUT2D eigenvalue weighted by Crippen LogP contribution is -2.37. The highest BCUT2D eigenvalue weighted by molar-refractivity contribution is 5.78. The van der Waals surface area contributed by atoms with Gasteiger partial charge in [-0.2, -0.15) is 0 Å². The van der Waals surface area contributed by atoms with Gasteiger partial charge in [-0.25, -0.2) is 0 Å². The second-order valence-corrected chi connectivity index (χ2v) is 17.4. The number of allylic oxidation sites excluding steroid dienone is 2. The molecular weight excluding hydrogens is 675 g/mol. The number of carbonyl (C=O) groups is 2. The Kier molecular flexibility index (Phi) is 46.2. The van der Waals surface area contributed by atoms with Gasteiger partial charge in [-0.3, -0.25) is 9.59 Å². The van der Waals surface area contributed by atoms with Gasteiger partial charge < -0.3 is 10.4 Å². The molecule has 2 N–H and O–H groups in total. The first-order chi connectivity index (χ1) is 27.1. The molecule has 0 radical (unpaired) electrons. The van der Waals surface area contributed by atoms with Gasteiger partial charge in [0.25, 0.3) is 0 Å². The normalized spacial score (nSPS) is 12.2. The minimum atomic E-state index is -0.0799. The molecule has 0 saturated heterocycles. The maximum absolute atomic E-state index is 12.4. The predicted octanol–water partition coefficient (Wildman–Crippen LogP) is 16.4. The molecule has 0 unspecified atom stereocenters. The molecular formula is C51H99NO3. The van der Waals surface area contributed by atoms with Crippen LogP contribution in [-0.4, -0.2) is 29.4 Å². The Morgan fingerprint density at radius 1 is 0.400 bits per heavy atom. The molecule has 0 spiro atoms. The van der Waals surface area contributed by atoms with Crippen LogP contribution < -0.4 is 5.32 Å². The summed E-state index contributed by atoms with van der Waals surface area (Å²) in [5.41, 5.74) is 0. The first-order valence-corrected chi connectivity index (χ1v) is 25.2. The summed E-state index contributed by atoms with van der Waals surface area (Å²) in [7, 11) is 0. The summed E-state index contributed by atoms with van der Waals surface area (Å²) in [6, 6.07) is -0.0799. The van der Waals surface area contributed by atoms with Crippen molar-refractivity contribution in [2.75, 3.05) is 6.61 Å². The Hall–Kier alpha value is -1.16. The summed E-state index contributed by atoms with van der Waals surface area (Å²) in [5, 5.41) is 12.8. The zero-order valence-electron chi connectivity index (χ0n) is 37.6. The number of amides is 1. The molecule has 0 aliphatic heterocycles. The van der Waals surface area contributed by atoms with Gasteiger partial charge in [0.1, 0.15) is 5.78 Å². The molecule has 0 saturated carbocycles. The summed E-state index contributed by atoms with van der Waals surface area (Å²) in [4.78, 5) is 24.7. The highest BCUT2D eigenvalue weighted by Crippen LogP contribution is 2.16. The van der Waals surface area contributed by atoms with Crippen molar-refractivity contribution in [2.45, 2.75) is 296 Å². The summed E-state index contributed by atoms with van der Waals surface area (Å²) in [5.74, 6) is 0.579. The minimum absolute atomic E-state index is 0.0497. The molecule has 0 aromatic heterocycles. The van der Waals surface area contributed by atoms with Crippen LogP contribution in [0.4, 0.5) is 0 Å². The summed E-state index contributed by atoms with van der Waals surface area (Å²) in [6.45, 7) is 4.62. The number of aliphatic hydroxyl groups is 1. The number of hydrogen-bond acceptors (Lipinski definition) is 3. The van der Waals surface area contributed by atoms with Gasteiger partial charge >= 0.3 is 0 Å². The zero-order valence-corrected chi connectivity index (χ0v) is 37.6. The second-order valence-electron chi connectivity index (χ2n) is 17.4. The number of aliphatic hydroxyl groups excluding tert-OH is 1. The molecule has 1 atom stereocenters. The molecule has 0 bridgehead atoms. The smallest absolute Gasteiger partial charge is 0.220 e. The third-order valence-corrected chi connectivity index (χ3v) is 11.8. The Bertz CT molecular complexity index is 795. The quantitative estimate of drug-likeness (QED) is 0.0478. The van der Waals surface area contributed by atoms with Crippen LogP contribution in [0, 0.1) is 0 Å². The average Bonchev–Trinajstić information content (AvgIpc) is 3.19. The van der Waals surface area contributed by atoms with Crippen molar-refractivity contribution in [2.24, 2.45) is 0 Å². The Morgan fingerprint density at radius 3 is 1.04 bits per heavy atom. The van der Waals surface area contributed by atoms with E-state index < -0.39 is 0 Å². The molecule has 55 heavy (non-hydrogen) atoms. The number of Topliss-reactive ketones (excluding diaryl/α,β-unsaturated/α-hetero) is 1. The molecule has 1 amide bonds. The summed E-state index contributed by atoms with van der Waals surface area (Å²) in [6.07, 6.45) is 58.6. The maximum atomic E-state index is 12.4. The fourth-order valence-corrected chi connectivity index (χ4v) is 7.99. The first-order valence-electron chi connectivity index (χ1n) is 25.2. The largest absolute Gasteiger partial charge is 0.394 e. The van der Waals surface area contributed by atoms with Crippen LogP contribution in [0.5, 0.6) is 0 Å². The van der Waals surface area contributed by atoms with Gasteiger partial charge in [0.2, 0.25) is 5.91 Å². The lowest BCUT2D eigenvalue weighted by atomic mass is 10.0. The van der Waals surface area contributed by atoms with Crippen molar-refractivity contribution in [3.63, 3.8) is 0 Å². The Labute approximate surface area is 345 Å². The number of rotatable bonds is 47. The Morgan fingerprint density at radius 2 is 0.691 bits per heavy atom. The number of unbranched alkanes of at least 4 members (excludes halogenated alkanes) is 35. The zero-order chi connectivity index (χ0) is 40.0. The molecule has 0 aliphatic carbocycles. The van der Waals surface area contributed by atoms with Gasteiger partial charge in [-0.1, -0.05) is 231 Å². The van der Waals surface area contributed by atoms with E-state index in [4.69, 9.17) is 0 Å². The molecule has 4 nitrogen and oxygen atoms in total. The van der Waals surface area contributed by atoms with E-state index in [-0.39, 0.29) is 18.6 Å². The van der Waals surface area contributed by atoms with E-state index in [0.29, 0.717) is 12.2 Å². The van der Waals surface area contributed by atoms with E-state index in [9.17, 15) is 14.7 Å². The standard InChI is InChI=1S/C51H99NO3/c1-3-5-7-9-11-13-15-17-19-20-21-22-23-25-27-29-33-37-41-45-50(54)46-42-38-34-30-31-35-39-43-47-51(55)52-49(48-53)44-40-36-32-28-26-24-18-16-14-12-10-8-6-4-2/h17,19,49,53H,3-16,18,20-48H2,1-2H3,(H,52,55)/b19-17-/t49-/m1/s1. The van der Waals surface area contributed by atoms with Gasteiger partial charge in [0, 0.05) is 19.3 Å². The monoisotopic (exact) mass is 774 g/mol. The predicted molar refractivity (Wildman–Crippen MR) is 243 cm³/mol. The van der Waals surface area contributed by atoms with E-state index in [0.717, 1.165) is 51.4 Å². The van der Waals surface area contributed by atoms with Gasteiger partial charge in [0.15, 0.2) is 0 Å². The number of carbonyl (C=O) groups excluding carboxylic acids is 2. The highest BCUT2D eigenvalue weighted by atomic mass is 16.3. The third kappa shape index (κ3) is 45.4. The van der Waals surface area contributed by atoms with Crippen molar-refractivity contribution >= 4 is 11.7 Å². The van der Waals surface area contributed by atoms with Crippen LogP contribution in [0.3, 0.4) is 0 Å². The SMILES string of the molecule is CCCCCCCC/C=C\CCCCCCCCCCCC(=O)CCCCCCCCCCC(=O)N[C@@H](CO)CCCCCCCCCCCCCCCC. The van der Waals surface area contributed by atoms with Crippen molar-refractivity contribution in [1.82, 2.24) is 5.32 Å². The van der Waals surface area contributed by atoms with Crippen LogP contribution in [0.1, 0.15) is 290 Å². The van der Waals surface area contributed by atoms with Crippen LogP contribution >= 0.6 is 0 Å². The van der Waals surface area contributed by atoms with E-state index >= 15 is 0 Å². The highest BCUT2D eigenvalue weighted by Gasteiger charge is 2.11. The molecule has 0 fully saturated rings. The van der Waals surface area contributed by atoms with Gasteiger partial charge in [-0.15, -0.1) is 0 Å². The number of nitrogens with one attached hydrogen (secondary N) is 1. The Balaban J connectivity index is 3.40. The van der Waals surface area contributed by atoms with E-state index in [2.05, 4.69) is 31.3 Å². The molecule has 0 aromatic carbocycles. The van der Waals surface area contributed by atoms with Crippen LogP contribution in [0.2, 0.25) is 0 Å². The lowest BCUT2D eigenvalue weighted by molar-refractivity contribution is -0.122. The van der Waals surface area contributed by atoms with Crippen LogP contribution in [-0.2, 0) is 9.59 Å². The molecule has 0 aliphatic rings. The van der Waals surface area contributed by atoms with Crippen molar-refractivity contribution < 1.29 is 14.7 Å². The van der Waals surface area contributed by atoms with Crippen LogP contribution in [0.25, 0.3) is 0 Å². The van der Waals surface area contributed by atoms with E-state index in [1.54, 1.807) is 0 Å². The van der Waals surface area contributed by atoms with E-state index in [1.165, 1.54) is 218 Å². The van der Waals surface area contributed by atoms with Gasteiger partial charge in [0.05, 0.1) is 12.6 Å². The first kappa shape index (κ1) is 53.8. The lowest BCUT2D eigenvalue weighted by Gasteiger charge is -2.16. The third-order valence-electron chi connectivity index (χ3n) is 11.8. The number of hydrogen-bond donors (Lipinski definition) is 2. The van der Waals surface area contributed by atoms with E-state index in [1.807, 2.05) is 0 Å². The molecule has 0 heterocycles. The number of ketones is 1. The van der Waals surface area contributed by atoms with Gasteiger partial charge in [-0.05, 0) is 51.4 Å². The van der Waals surface area contributed by atoms with Crippen molar-refractivity contribution in [3.05, 3.63) is 12.2 Å². The van der Waals surface area contributed by atoms with Crippen molar-refractivity contribution in [1.29, 1.82) is 0 Å². The topological polar surface area (TPSA) is 66.4 Å². The molecule has 326 valence electrons. The maximum Gasteiger partial charge on any atom is 0.220 e. The molecule has 0 rings (SSSR count).